The highest BCUT2D eigenvalue weighted by Crippen LogP contribution is 2.34. The van der Waals surface area contributed by atoms with Gasteiger partial charge in [-0.1, -0.05) is 41.7 Å². The molecule has 0 aliphatic heterocycles. The van der Waals surface area contributed by atoms with Crippen LogP contribution in [0.25, 0.3) is 10.2 Å². The highest BCUT2D eigenvalue weighted by Gasteiger charge is 2.30. The van der Waals surface area contributed by atoms with Crippen LogP contribution < -0.4 is 5.32 Å². The normalized spacial score (nSPS) is 11.6. The summed E-state index contributed by atoms with van der Waals surface area (Å²) < 4.78 is 38.5. The fraction of sp³-hybridized carbons (Fsp3) is 0.125. The van der Waals surface area contributed by atoms with Crippen LogP contribution in [0.5, 0.6) is 0 Å². The number of amides is 1. The van der Waals surface area contributed by atoms with Crippen molar-refractivity contribution in [1.29, 1.82) is 0 Å². The summed E-state index contributed by atoms with van der Waals surface area (Å²) >= 11 is 1.02. The van der Waals surface area contributed by atoms with Gasteiger partial charge in [-0.2, -0.15) is 13.2 Å². The Bertz CT molecular complexity index is 843. The number of nitrogens with zero attached hydrogens (tertiary/aromatic N) is 1. The highest BCUT2D eigenvalue weighted by molar-refractivity contribution is 7.22. The minimum atomic E-state index is -4.39. The van der Waals surface area contributed by atoms with E-state index in [4.69, 9.17) is 0 Å². The van der Waals surface area contributed by atoms with Gasteiger partial charge in [0.2, 0.25) is 5.91 Å². The van der Waals surface area contributed by atoms with Crippen molar-refractivity contribution in [3.05, 3.63) is 59.7 Å². The van der Waals surface area contributed by atoms with E-state index in [1.807, 2.05) is 30.3 Å². The van der Waals surface area contributed by atoms with E-state index in [0.717, 1.165) is 29.0 Å². The van der Waals surface area contributed by atoms with Crippen LogP contribution in [-0.4, -0.2) is 10.9 Å². The zero-order valence-corrected chi connectivity index (χ0v) is 12.5. The third-order valence-corrected chi connectivity index (χ3v) is 4.10. The first-order valence-electron chi connectivity index (χ1n) is 6.73. The number of rotatable bonds is 3. The summed E-state index contributed by atoms with van der Waals surface area (Å²) in [5.74, 6) is -0.258. The summed E-state index contributed by atoms with van der Waals surface area (Å²) in [7, 11) is 0. The van der Waals surface area contributed by atoms with Crippen LogP contribution in [0.3, 0.4) is 0 Å². The monoisotopic (exact) mass is 336 g/mol. The van der Waals surface area contributed by atoms with Gasteiger partial charge in [0.05, 0.1) is 22.2 Å². The first kappa shape index (κ1) is 15.5. The molecule has 0 saturated heterocycles. The molecule has 3 aromatic rings. The van der Waals surface area contributed by atoms with Crippen molar-refractivity contribution >= 4 is 32.6 Å². The van der Waals surface area contributed by atoms with Crippen molar-refractivity contribution < 1.29 is 18.0 Å². The zero-order valence-electron chi connectivity index (χ0n) is 11.7. The van der Waals surface area contributed by atoms with Gasteiger partial charge in [-0.15, -0.1) is 0 Å². The summed E-state index contributed by atoms with van der Waals surface area (Å²) in [6.45, 7) is 0. The Labute approximate surface area is 133 Å². The average molecular weight is 336 g/mol. The summed E-state index contributed by atoms with van der Waals surface area (Å²) in [6, 6.07) is 12.5. The van der Waals surface area contributed by atoms with Crippen molar-refractivity contribution in [2.24, 2.45) is 0 Å². The van der Waals surface area contributed by atoms with Gasteiger partial charge in [0.1, 0.15) is 0 Å². The van der Waals surface area contributed by atoms with Gasteiger partial charge >= 0.3 is 6.18 Å². The van der Waals surface area contributed by atoms with E-state index in [1.165, 1.54) is 6.07 Å². The minimum absolute atomic E-state index is 0.185. The van der Waals surface area contributed by atoms with Gasteiger partial charge in [0.25, 0.3) is 0 Å². The predicted molar refractivity (Wildman–Crippen MR) is 83.4 cm³/mol. The first-order chi connectivity index (χ1) is 10.9. The molecule has 0 unspecified atom stereocenters. The number of carbonyl (C=O) groups is 1. The number of hydrogen-bond acceptors (Lipinski definition) is 3. The lowest BCUT2D eigenvalue weighted by Crippen LogP contribution is -2.13. The number of anilines is 1. The number of alkyl halides is 3. The van der Waals surface area contributed by atoms with Gasteiger partial charge in [-0.3, -0.25) is 4.79 Å². The molecule has 23 heavy (non-hydrogen) atoms. The van der Waals surface area contributed by atoms with E-state index in [9.17, 15) is 18.0 Å². The quantitative estimate of drug-likeness (QED) is 0.765. The molecule has 118 valence electrons. The third-order valence-electron chi connectivity index (χ3n) is 3.17. The van der Waals surface area contributed by atoms with Crippen LogP contribution in [0.1, 0.15) is 11.1 Å². The lowest BCUT2D eigenvalue weighted by Gasteiger charge is -2.04. The molecule has 0 aliphatic rings. The zero-order chi connectivity index (χ0) is 16.4. The Morgan fingerprint density at radius 2 is 1.87 bits per heavy atom. The van der Waals surface area contributed by atoms with E-state index in [2.05, 4.69) is 10.3 Å². The standard InChI is InChI=1S/C16H11F3N2OS/c17-16(18,19)11-6-7-12-13(9-11)23-15(20-12)21-14(22)8-10-4-2-1-3-5-10/h1-7,9H,8H2,(H,20,21,22). The number of aromatic nitrogens is 1. The topological polar surface area (TPSA) is 42.0 Å². The van der Waals surface area contributed by atoms with Crippen molar-refractivity contribution in [3.8, 4) is 0 Å². The fourth-order valence-electron chi connectivity index (χ4n) is 2.10. The second-order valence-electron chi connectivity index (χ2n) is 4.91. The number of fused-ring (bicyclic) bond motifs is 1. The number of halogens is 3. The van der Waals surface area contributed by atoms with Crippen LogP contribution in [-0.2, 0) is 17.4 Å². The Balaban J connectivity index is 1.77. The summed E-state index contributed by atoms with van der Waals surface area (Å²) in [5.41, 5.74) is 0.555. The molecule has 0 saturated carbocycles. The van der Waals surface area contributed by atoms with Crippen LogP contribution in [0.4, 0.5) is 18.3 Å². The van der Waals surface area contributed by atoms with E-state index < -0.39 is 11.7 Å². The number of hydrogen-bond donors (Lipinski definition) is 1. The summed E-state index contributed by atoms with van der Waals surface area (Å²) in [5, 5.41) is 2.92. The maximum Gasteiger partial charge on any atom is 0.416 e. The molecule has 0 atom stereocenters. The van der Waals surface area contributed by atoms with E-state index in [0.29, 0.717) is 15.3 Å². The van der Waals surface area contributed by atoms with Crippen LogP contribution in [0.2, 0.25) is 0 Å². The van der Waals surface area contributed by atoms with Crippen LogP contribution in [0, 0.1) is 0 Å². The van der Waals surface area contributed by atoms with Gasteiger partial charge in [-0.25, -0.2) is 4.98 Å². The first-order valence-corrected chi connectivity index (χ1v) is 7.55. The van der Waals surface area contributed by atoms with Gasteiger partial charge < -0.3 is 5.32 Å². The molecule has 0 radical (unpaired) electrons. The summed E-state index contributed by atoms with van der Waals surface area (Å²) in [4.78, 5) is 16.1. The molecule has 1 aromatic heterocycles. The minimum Gasteiger partial charge on any atom is -0.302 e. The molecular weight excluding hydrogens is 325 g/mol. The Kier molecular flexibility index (Phi) is 4.04. The number of benzene rings is 2. The maximum atomic E-state index is 12.7. The molecule has 3 rings (SSSR count). The summed E-state index contributed by atoms with van der Waals surface area (Å²) in [6.07, 6.45) is -4.21. The third kappa shape index (κ3) is 3.68. The smallest absolute Gasteiger partial charge is 0.302 e. The van der Waals surface area contributed by atoms with Crippen molar-refractivity contribution in [2.45, 2.75) is 12.6 Å². The second kappa shape index (κ2) is 6.00. The second-order valence-corrected chi connectivity index (χ2v) is 5.94. The molecule has 1 N–H and O–H groups in total. The lowest BCUT2D eigenvalue weighted by atomic mass is 10.1. The fourth-order valence-corrected chi connectivity index (χ4v) is 3.02. The van der Waals surface area contributed by atoms with Gasteiger partial charge in [0.15, 0.2) is 5.13 Å². The largest absolute Gasteiger partial charge is 0.416 e. The molecular formula is C16H11F3N2OS. The maximum absolute atomic E-state index is 12.7. The SMILES string of the molecule is O=C(Cc1ccccc1)Nc1nc2ccc(C(F)(F)F)cc2s1. The average Bonchev–Trinajstić information content (AvgIpc) is 2.88. The van der Waals surface area contributed by atoms with Gasteiger partial charge in [0, 0.05) is 0 Å². The number of carbonyl (C=O) groups excluding carboxylic acids is 1. The molecule has 0 fully saturated rings. The van der Waals surface area contributed by atoms with E-state index >= 15 is 0 Å². The van der Waals surface area contributed by atoms with E-state index in [-0.39, 0.29) is 12.3 Å². The molecule has 0 bridgehead atoms. The lowest BCUT2D eigenvalue weighted by molar-refractivity contribution is -0.137. The number of thiazole rings is 1. The van der Waals surface area contributed by atoms with Crippen LogP contribution >= 0.6 is 11.3 Å². The Morgan fingerprint density at radius 3 is 2.57 bits per heavy atom. The highest BCUT2D eigenvalue weighted by atomic mass is 32.1. The molecule has 3 nitrogen and oxygen atoms in total. The van der Waals surface area contributed by atoms with Crippen molar-refractivity contribution in [3.63, 3.8) is 0 Å². The molecule has 7 heteroatoms. The Hall–Kier alpha value is -2.41. The van der Waals surface area contributed by atoms with Gasteiger partial charge in [-0.05, 0) is 23.8 Å². The molecule has 0 aliphatic carbocycles. The molecule has 0 spiro atoms. The predicted octanol–water partition coefficient (Wildman–Crippen LogP) is 4.50. The number of nitrogens with one attached hydrogen (secondary N) is 1. The molecule has 1 amide bonds. The van der Waals surface area contributed by atoms with Crippen LogP contribution in [0.15, 0.2) is 48.5 Å². The van der Waals surface area contributed by atoms with Crippen molar-refractivity contribution in [1.82, 2.24) is 4.98 Å². The molecule has 2 aromatic carbocycles. The van der Waals surface area contributed by atoms with E-state index in [1.54, 1.807) is 0 Å². The molecule has 1 heterocycles. The van der Waals surface area contributed by atoms with Crippen molar-refractivity contribution in [2.75, 3.05) is 5.32 Å². The Morgan fingerprint density at radius 1 is 1.13 bits per heavy atom.